The van der Waals surface area contributed by atoms with Crippen LogP contribution >= 0.6 is 27.5 Å². The van der Waals surface area contributed by atoms with Gasteiger partial charge >= 0.3 is 0 Å². The minimum Gasteiger partial charge on any atom is -0.349 e. The maximum absolute atomic E-state index is 12.3. The first-order chi connectivity index (χ1) is 9.15. The van der Waals surface area contributed by atoms with Crippen molar-refractivity contribution < 1.29 is 4.79 Å². The molecule has 2 nitrogen and oxygen atoms in total. The Hall–Kier alpha value is -0.540. The van der Waals surface area contributed by atoms with E-state index in [1.807, 2.05) is 0 Å². The number of fused-ring (bicyclic) bond motifs is 5. The summed E-state index contributed by atoms with van der Waals surface area (Å²) in [5, 5.41) is 3.86. The van der Waals surface area contributed by atoms with Crippen LogP contribution in [0.4, 0.5) is 0 Å². The first-order valence-corrected chi connectivity index (χ1v) is 8.08. The van der Waals surface area contributed by atoms with Crippen LogP contribution in [0.15, 0.2) is 22.7 Å². The van der Waals surface area contributed by atoms with Gasteiger partial charge in [-0.15, -0.1) is 0 Å². The molecule has 1 N–H and O–H groups in total. The molecule has 1 aromatic carbocycles. The molecule has 3 fully saturated rings. The molecular formula is C15H15BrClNO. The van der Waals surface area contributed by atoms with Crippen molar-refractivity contribution in [2.24, 2.45) is 23.7 Å². The highest BCUT2D eigenvalue weighted by molar-refractivity contribution is 9.10. The lowest BCUT2D eigenvalue weighted by atomic mass is 10.0. The zero-order valence-corrected chi connectivity index (χ0v) is 12.7. The maximum atomic E-state index is 12.3. The molecule has 19 heavy (non-hydrogen) atoms. The molecule has 0 radical (unpaired) electrons. The largest absolute Gasteiger partial charge is 0.349 e. The van der Waals surface area contributed by atoms with E-state index in [2.05, 4.69) is 21.2 Å². The van der Waals surface area contributed by atoms with Crippen LogP contribution in [0.3, 0.4) is 0 Å². The average molecular weight is 341 g/mol. The summed E-state index contributed by atoms with van der Waals surface area (Å²) in [4.78, 5) is 12.3. The Morgan fingerprint density at radius 2 is 1.95 bits per heavy atom. The summed E-state index contributed by atoms with van der Waals surface area (Å²) in [5.41, 5.74) is 0.682. The lowest BCUT2D eigenvalue weighted by Gasteiger charge is -2.11. The van der Waals surface area contributed by atoms with Gasteiger partial charge in [-0.25, -0.2) is 0 Å². The monoisotopic (exact) mass is 339 g/mol. The molecule has 4 rings (SSSR count). The molecule has 1 amide bonds. The average Bonchev–Trinajstić information content (AvgIpc) is 2.78. The highest BCUT2D eigenvalue weighted by atomic mass is 79.9. The van der Waals surface area contributed by atoms with E-state index in [4.69, 9.17) is 11.6 Å². The molecule has 0 aromatic heterocycles. The quantitative estimate of drug-likeness (QED) is 0.870. The van der Waals surface area contributed by atoms with Gasteiger partial charge in [0.1, 0.15) is 0 Å². The Bertz CT molecular complexity index is 545. The second-order valence-corrected chi connectivity index (χ2v) is 7.40. The van der Waals surface area contributed by atoms with Crippen LogP contribution in [0.5, 0.6) is 0 Å². The number of rotatable bonds is 2. The molecule has 3 aliphatic carbocycles. The molecule has 1 aromatic rings. The second-order valence-electron chi connectivity index (χ2n) is 6.11. The van der Waals surface area contributed by atoms with Crippen LogP contribution in [-0.2, 0) is 0 Å². The summed E-state index contributed by atoms with van der Waals surface area (Å²) in [7, 11) is 0. The number of benzene rings is 1. The van der Waals surface area contributed by atoms with E-state index in [0.29, 0.717) is 16.6 Å². The number of halogens is 2. The van der Waals surface area contributed by atoms with E-state index in [9.17, 15) is 4.79 Å². The number of hydrogen-bond donors (Lipinski definition) is 1. The molecule has 0 aliphatic heterocycles. The van der Waals surface area contributed by atoms with E-state index in [-0.39, 0.29) is 5.91 Å². The first kappa shape index (κ1) is 12.2. The lowest BCUT2D eigenvalue weighted by Crippen LogP contribution is -2.30. The molecule has 4 heteroatoms. The number of amides is 1. The van der Waals surface area contributed by atoms with Crippen molar-refractivity contribution >= 4 is 33.4 Å². The number of carbonyl (C=O) groups excluding carboxylic acids is 1. The Labute approximate surface area is 126 Å². The summed E-state index contributed by atoms with van der Waals surface area (Å²) in [6, 6.07) is 5.75. The van der Waals surface area contributed by atoms with Crippen LogP contribution in [0.2, 0.25) is 5.02 Å². The number of carbonyl (C=O) groups is 1. The van der Waals surface area contributed by atoms with Crippen molar-refractivity contribution in [3.8, 4) is 0 Å². The second kappa shape index (κ2) is 4.23. The Balaban J connectivity index is 1.48. The molecular weight excluding hydrogens is 326 g/mol. The van der Waals surface area contributed by atoms with Gasteiger partial charge in [0.15, 0.2) is 0 Å². The molecule has 0 spiro atoms. The van der Waals surface area contributed by atoms with Crippen LogP contribution in [0.25, 0.3) is 0 Å². The number of hydrogen-bond acceptors (Lipinski definition) is 1. The topological polar surface area (TPSA) is 29.1 Å². The fourth-order valence-electron chi connectivity index (χ4n) is 4.42. The van der Waals surface area contributed by atoms with E-state index in [0.717, 1.165) is 28.1 Å². The van der Waals surface area contributed by atoms with Gasteiger partial charge in [0, 0.05) is 15.5 Å². The van der Waals surface area contributed by atoms with E-state index in [1.165, 1.54) is 19.3 Å². The standard InChI is InChI=1S/C15H15BrClNO/c16-11-6-9(17)3-4-10(11)15(19)18-14-12-7-1-2-8(5-7)13(12)14/h3-4,6-8,12-14H,1-2,5H2,(H,18,19). The van der Waals surface area contributed by atoms with Gasteiger partial charge in [-0.05, 0) is 77.1 Å². The fraction of sp³-hybridized carbons (Fsp3) is 0.533. The van der Waals surface area contributed by atoms with Crippen molar-refractivity contribution in [1.82, 2.24) is 5.32 Å². The predicted molar refractivity (Wildman–Crippen MR) is 78.2 cm³/mol. The summed E-state index contributed by atoms with van der Waals surface area (Å²) in [6.45, 7) is 0. The third kappa shape index (κ3) is 1.85. The molecule has 2 bridgehead atoms. The van der Waals surface area contributed by atoms with Crippen molar-refractivity contribution in [3.63, 3.8) is 0 Å². The van der Waals surface area contributed by atoms with Crippen molar-refractivity contribution in [2.75, 3.05) is 0 Å². The van der Waals surface area contributed by atoms with E-state index in [1.54, 1.807) is 18.2 Å². The summed E-state index contributed by atoms with van der Waals surface area (Å²) >= 11 is 9.31. The Kier molecular flexibility index (Phi) is 2.72. The van der Waals surface area contributed by atoms with Gasteiger partial charge in [0.05, 0.1) is 5.56 Å². The molecule has 3 aliphatic rings. The van der Waals surface area contributed by atoms with Crippen LogP contribution in [-0.4, -0.2) is 11.9 Å². The summed E-state index contributed by atoms with van der Waals surface area (Å²) in [6.07, 6.45) is 4.16. The van der Waals surface area contributed by atoms with Gasteiger partial charge in [-0.2, -0.15) is 0 Å². The molecule has 4 atom stereocenters. The summed E-state index contributed by atoms with van der Waals surface area (Å²) < 4.78 is 0.770. The third-order valence-corrected chi connectivity index (χ3v) is 6.10. The SMILES string of the molecule is O=C(NC1C2C3CCC(C3)C12)c1ccc(Cl)cc1Br. The maximum Gasteiger partial charge on any atom is 0.252 e. The highest BCUT2D eigenvalue weighted by Gasteiger charge is 2.65. The smallest absolute Gasteiger partial charge is 0.252 e. The fourth-order valence-corrected chi connectivity index (χ4v) is 5.28. The van der Waals surface area contributed by atoms with Gasteiger partial charge in [-0.3, -0.25) is 4.79 Å². The Morgan fingerprint density at radius 3 is 2.58 bits per heavy atom. The first-order valence-electron chi connectivity index (χ1n) is 6.91. The molecule has 4 unspecified atom stereocenters. The normalized spacial score (nSPS) is 38.1. The van der Waals surface area contributed by atoms with Crippen molar-refractivity contribution in [3.05, 3.63) is 33.3 Å². The predicted octanol–water partition coefficient (Wildman–Crippen LogP) is 3.88. The third-order valence-electron chi connectivity index (χ3n) is 5.21. The summed E-state index contributed by atoms with van der Waals surface area (Å²) in [5.74, 6) is 3.34. The minimum atomic E-state index is 0.0299. The highest BCUT2D eigenvalue weighted by Crippen LogP contribution is 2.65. The zero-order valence-electron chi connectivity index (χ0n) is 10.4. The molecule has 0 saturated heterocycles. The van der Waals surface area contributed by atoms with Gasteiger partial charge in [0.25, 0.3) is 5.91 Å². The molecule has 0 heterocycles. The van der Waals surface area contributed by atoms with Crippen LogP contribution in [0.1, 0.15) is 29.6 Å². The van der Waals surface area contributed by atoms with Crippen molar-refractivity contribution in [2.45, 2.75) is 25.3 Å². The van der Waals surface area contributed by atoms with E-state index < -0.39 is 0 Å². The molecule has 3 saturated carbocycles. The zero-order chi connectivity index (χ0) is 13.1. The molecule has 100 valence electrons. The number of nitrogens with one attached hydrogen (secondary N) is 1. The van der Waals surface area contributed by atoms with Gasteiger partial charge < -0.3 is 5.32 Å². The van der Waals surface area contributed by atoms with Crippen LogP contribution < -0.4 is 5.32 Å². The Morgan fingerprint density at radius 1 is 1.26 bits per heavy atom. The van der Waals surface area contributed by atoms with Gasteiger partial charge in [0.2, 0.25) is 0 Å². The van der Waals surface area contributed by atoms with Gasteiger partial charge in [-0.1, -0.05) is 11.6 Å². The lowest BCUT2D eigenvalue weighted by molar-refractivity contribution is 0.0943. The van der Waals surface area contributed by atoms with Crippen LogP contribution in [0, 0.1) is 23.7 Å². The van der Waals surface area contributed by atoms with Crippen molar-refractivity contribution in [1.29, 1.82) is 0 Å². The van der Waals surface area contributed by atoms with E-state index >= 15 is 0 Å². The minimum absolute atomic E-state index is 0.0299.